The van der Waals surface area contributed by atoms with Crippen LogP contribution in [-0.2, 0) is 10.1 Å². The van der Waals surface area contributed by atoms with E-state index in [1.54, 1.807) is 0 Å². The van der Waals surface area contributed by atoms with Gasteiger partial charge in [-0.15, -0.1) is 0 Å². The summed E-state index contributed by atoms with van der Waals surface area (Å²) in [7, 11) is -6.23. The lowest BCUT2D eigenvalue weighted by Crippen LogP contribution is -2.38. The largest absolute Gasteiger partial charge is 0.478 e. The van der Waals surface area contributed by atoms with Gasteiger partial charge in [0, 0.05) is 0 Å². The molecular formula is C31H26O5PS+. The van der Waals surface area contributed by atoms with Gasteiger partial charge < -0.3 is 5.11 Å². The lowest BCUT2D eigenvalue weighted by Gasteiger charge is -2.27. The van der Waals surface area contributed by atoms with Crippen LogP contribution in [0.2, 0.25) is 0 Å². The fourth-order valence-electron chi connectivity index (χ4n) is 4.29. The molecule has 2 N–H and O–H groups in total. The zero-order chi connectivity index (χ0) is 27.0. The molecule has 5 aromatic carbocycles. The average molecular weight is 542 g/mol. The van der Waals surface area contributed by atoms with Gasteiger partial charge in [0.15, 0.2) is 0 Å². The number of carbonyl (C=O) groups is 1. The summed E-state index contributed by atoms with van der Waals surface area (Å²) in [6.07, 6.45) is 0. The van der Waals surface area contributed by atoms with Crippen molar-refractivity contribution in [2.45, 2.75) is 4.90 Å². The molecule has 5 aromatic rings. The Balaban J connectivity index is 0.000000219. The molecule has 0 radical (unpaired) electrons. The summed E-state index contributed by atoms with van der Waals surface area (Å²) >= 11 is 0. The van der Waals surface area contributed by atoms with E-state index in [1.807, 2.05) is 0 Å². The molecule has 0 heterocycles. The maximum Gasteiger partial charge on any atom is 0.335 e. The number of rotatable bonds is 6. The van der Waals surface area contributed by atoms with Crippen molar-refractivity contribution in [2.24, 2.45) is 0 Å². The smallest absolute Gasteiger partial charge is 0.335 e. The molecular weight excluding hydrogens is 515 g/mol. The van der Waals surface area contributed by atoms with Gasteiger partial charge in [-0.3, -0.25) is 4.55 Å². The molecule has 0 aliphatic rings. The summed E-state index contributed by atoms with van der Waals surface area (Å²) in [5.41, 5.74) is -0.185. The molecule has 0 aliphatic carbocycles. The van der Waals surface area contributed by atoms with E-state index >= 15 is 0 Å². The van der Waals surface area contributed by atoms with Gasteiger partial charge in [-0.1, -0.05) is 78.9 Å². The fraction of sp³-hybridized carbons (Fsp3) is 0. The Morgan fingerprint density at radius 2 is 0.868 bits per heavy atom. The highest BCUT2D eigenvalue weighted by molar-refractivity contribution is 8.01. The van der Waals surface area contributed by atoms with Gasteiger partial charge in [0.1, 0.15) is 28.5 Å². The molecule has 0 spiro atoms. The highest BCUT2D eigenvalue weighted by atomic mass is 32.2. The third kappa shape index (κ3) is 5.90. The summed E-state index contributed by atoms with van der Waals surface area (Å²) in [4.78, 5) is 9.98. The molecule has 7 heteroatoms. The van der Waals surface area contributed by atoms with Crippen LogP contribution in [0.1, 0.15) is 10.4 Å². The molecule has 38 heavy (non-hydrogen) atoms. The van der Waals surface area contributed by atoms with Crippen LogP contribution in [0.25, 0.3) is 0 Å². The van der Waals surface area contributed by atoms with Crippen molar-refractivity contribution in [2.75, 3.05) is 0 Å². The topological polar surface area (TPSA) is 91.7 Å². The molecule has 0 aromatic heterocycles. The van der Waals surface area contributed by atoms with Crippen LogP contribution in [0.4, 0.5) is 0 Å². The highest BCUT2D eigenvalue weighted by Gasteiger charge is 2.47. The van der Waals surface area contributed by atoms with Crippen LogP contribution < -0.4 is 21.2 Å². The number of hydrogen-bond donors (Lipinski definition) is 2. The van der Waals surface area contributed by atoms with Crippen molar-refractivity contribution in [3.63, 3.8) is 0 Å². The SMILES string of the molecule is O=C(O)c1cccc(S(=O)(=O)O)c1.c1ccc([P+](c2ccccc2)(c2ccccc2)c2ccccc2)cc1. The summed E-state index contributed by atoms with van der Waals surface area (Å²) in [6, 6.07) is 48.3. The summed E-state index contributed by atoms with van der Waals surface area (Å²) in [6.45, 7) is 0. The lowest BCUT2D eigenvalue weighted by molar-refractivity contribution is 0.0696. The standard InChI is InChI=1S/C24H20P.C7H6O5S/c1-5-13-21(14-6-1)25(22-15-7-2-8-16-22,23-17-9-3-10-18-23)24-19-11-4-12-20-24;8-7(9)5-2-1-3-6(4-5)13(10,11)12/h1-20H;1-4H,(H,8,9)(H,10,11,12)/q+1;. The zero-order valence-electron chi connectivity index (χ0n) is 20.3. The van der Waals surface area contributed by atoms with Gasteiger partial charge in [0.2, 0.25) is 0 Å². The maximum absolute atomic E-state index is 10.6. The van der Waals surface area contributed by atoms with E-state index in [0.717, 1.165) is 12.1 Å². The minimum Gasteiger partial charge on any atom is -0.478 e. The van der Waals surface area contributed by atoms with Gasteiger partial charge in [0.05, 0.1) is 10.5 Å². The Morgan fingerprint density at radius 1 is 0.526 bits per heavy atom. The molecule has 5 nitrogen and oxygen atoms in total. The van der Waals surface area contributed by atoms with Crippen LogP contribution >= 0.6 is 7.26 Å². The zero-order valence-corrected chi connectivity index (χ0v) is 22.0. The first kappa shape index (κ1) is 27.0. The minimum atomic E-state index is -4.32. The van der Waals surface area contributed by atoms with Gasteiger partial charge in [-0.25, -0.2) is 4.79 Å². The van der Waals surface area contributed by atoms with Crippen molar-refractivity contribution in [3.05, 3.63) is 151 Å². The fourth-order valence-corrected chi connectivity index (χ4v) is 9.08. The lowest BCUT2D eigenvalue weighted by atomic mass is 10.2. The first-order valence-corrected chi connectivity index (χ1v) is 15.0. The molecule has 190 valence electrons. The van der Waals surface area contributed by atoms with E-state index in [2.05, 4.69) is 121 Å². The second-order valence-corrected chi connectivity index (χ2v) is 13.1. The predicted molar refractivity (Wildman–Crippen MR) is 154 cm³/mol. The third-order valence-corrected chi connectivity index (χ3v) is 11.1. The first-order chi connectivity index (χ1) is 18.3. The van der Waals surface area contributed by atoms with Gasteiger partial charge in [0.25, 0.3) is 10.1 Å². The van der Waals surface area contributed by atoms with E-state index in [-0.39, 0.29) is 5.56 Å². The van der Waals surface area contributed by atoms with Crippen LogP contribution in [0.15, 0.2) is 150 Å². The van der Waals surface area contributed by atoms with Crippen LogP contribution in [0, 0.1) is 0 Å². The van der Waals surface area contributed by atoms with E-state index in [1.165, 1.54) is 33.4 Å². The molecule has 0 atom stereocenters. The summed E-state index contributed by atoms with van der Waals surface area (Å²) in [5, 5.41) is 14.0. The second kappa shape index (κ2) is 12.0. The normalized spacial score (nSPS) is 11.2. The van der Waals surface area contributed by atoms with E-state index < -0.39 is 28.2 Å². The Hall–Kier alpha value is -4.09. The molecule has 0 aliphatic heterocycles. The van der Waals surface area contributed by atoms with Crippen molar-refractivity contribution in [3.8, 4) is 0 Å². The molecule has 0 bridgehead atoms. The Labute approximate surface area is 223 Å². The first-order valence-electron chi connectivity index (χ1n) is 11.8. The number of aromatic carboxylic acids is 1. The molecule has 0 saturated carbocycles. The highest BCUT2D eigenvalue weighted by Crippen LogP contribution is 2.53. The quantitative estimate of drug-likeness (QED) is 0.235. The molecule has 0 amide bonds. The van der Waals surface area contributed by atoms with E-state index in [9.17, 15) is 13.2 Å². The van der Waals surface area contributed by atoms with Crippen molar-refractivity contribution in [1.82, 2.24) is 0 Å². The number of carboxylic acids is 1. The van der Waals surface area contributed by atoms with E-state index in [4.69, 9.17) is 9.66 Å². The summed E-state index contributed by atoms with van der Waals surface area (Å²) in [5.74, 6) is -1.24. The second-order valence-electron chi connectivity index (χ2n) is 8.32. The van der Waals surface area contributed by atoms with Gasteiger partial charge in [-0.05, 0) is 66.7 Å². The number of hydrogen-bond acceptors (Lipinski definition) is 3. The average Bonchev–Trinajstić information content (AvgIpc) is 2.96. The Kier molecular flexibility index (Phi) is 8.49. The predicted octanol–water partition coefficient (Wildman–Crippen LogP) is 4.94. The maximum atomic E-state index is 10.6. The van der Waals surface area contributed by atoms with Crippen molar-refractivity contribution < 1.29 is 22.9 Å². The van der Waals surface area contributed by atoms with Crippen molar-refractivity contribution in [1.29, 1.82) is 0 Å². The molecule has 5 rings (SSSR count). The minimum absolute atomic E-state index is 0.185. The van der Waals surface area contributed by atoms with Crippen LogP contribution in [-0.4, -0.2) is 24.0 Å². The number of benzene rings is 5. The molecule has 0 saturated heterocycles. The Morgan fingerprint density at radius 3 is 1.16 bits per heavy atom. The van der Waals surface area contributed by atoms with E-state index in [0.29, 0.717) is 0 Å². The van der Waals surface area contributed by atoms with Crippen molar-refractivity contribution >= 4 is 44.6 Å². The van der Waals surface area contributed by atoms with Gasteiger partial charge in [-0.2, -0.15) is 8.42 Å². The third-order valence-electron chi connectivity index (χ3n) is 5.95. The monoisotopic (exact) mass is 541 g/mol. The van der Waals surface area contributed by atoms with Gasteiger partial charge >= 0.3 is 5.97 Å². The van der Waals surface area contributed by atoms with Crippen LogP contribution in [0.5, 0.6) is 0 Å². The molecule has 0 unspecified atom stereocenters. The summed E-state index contributed by atoms with van der Waals surface area (Å²) < 4.78 is 29.7. The Bertz CT molecular complexity index is 1430. The number of carboxylic acid groups (broad SMARTS) is 1. The van der Waals surface area contributed by atoms with Crippen LogP contribution in [0.3, 0.4) is 0 Å². The molecule has 0 fully saturated rings.